The number of hydrogen-bond acceptors (Lipinski definition) is 3. The van der Waals surface area contributed by atoms with Gasteiger partial charge in [-0.15, -0.1) is 0 Å². The molecule has 3 N–H and O–H groups in total. The summed E-state index contributed by atoms with van der Waals surface area (Å²) in [5.74, 6) is 0.403. The first-order chi connectivity index (χ1) is 9.08. The van der Waals surface area contributed by atoms with Crippen molar-refractivity contribution in [1.82, 2.24) is 10.6 Å². The first-order valence-electron chi connectivity index (χ1n) is 6.89. The van der Waals surface area contributed by atoms with Crippen LogP contribution in [0.3, 0.4) is 0 Å². The highest BCUT2D eigenvalue weighted by molar-refractivity contribution is 5.96. The van der Waals surface area contributed by atoms with Crippen molar-refractivity contribution in [2.24, 2.45) is 5.92 Å². The predicted octanol–water partition coefficient (Wildman–Crippen LogP) is 1.82. The number of piperidine rings is 1. The number of aryl methyl sites for hydroxylation is 1. The van der Waals surface area contributed by atoms with Gasteiger partial charge < -0.3 is 15.7 Å². The molecule has 2 rings (SSSR count). The van der Waals surface area contributed by atoms with Gasteiger partial charge in [0.25, 0.3) is 5.91 Å². The fourth-order valence-corrected chi connectivity index (χ4v) is 2.52. The lowest BCUT2D eigenvalue weighted by Crippen LogP contribution is -2.47. The molecule has 0 spiro atoms. The highest BCUT2D eigenvalue weighted by Crippen LogP contribution is 2.19. The lowest BCUT2D eigenvalue weighted by molar-refractivity contribution is 0.0941. The maximum Gasteiger partial charge on any atom is 0.255 e. The third kappa shape index (κ3) is 3.47. The number of hydrogen-bond donors (Lipinski definition) is 3. The van der Waals surface area contributed by atoms with Crippen LogP contribution in [0.2, 0.25) is 0 Å². The number of nitrogens with one attached hydrogen (secondary N) is 2. The van der Waals surface area contributed by atoms with E-state index in [2.05, 4.69) is 17.6 Å². The molecule has 1 heterocycles. The fourth-order valence-electron chi connectivity index (χ4n) is 2.52. The van der Waals surface area contributed by atoms with Crippen LogP contribution in [0, 0.1) is 12.8 Å². The van der Waals surface area contributed by atoms with Crippen LogP contribution in [0.4, 0.5) is 0 Å². The summed E-state index contributed by atoms with van der Waals surface area (Å²) in [5.41, 5.74) is 1.28. The van der Waals surface area contributed by atoms with Crippen molar-refractivity contribution in [3.05, 3.63) is 29.3 Å². The van der Waals surface area contributed by atoms with E-state index in [0.717, 1.165) is 12.1 Å². The molecule has 0 bridgehead atoms. The van der Waals surface area contributed by atoms with E-state index in [1.165, 1.54) is 12.8 Å². The average molecular weight is 262 g/mol. The van der Waals surface area contributed by atoms with Gasteiger partial charge >= 0.3 is 0 Å². The molecule has 104 valence electrons. The fraction of sp³-hybridized carbons (Fsp3) is 0.533. The number of carbonyl (C=O) groups is 1. The zero-order chi connectivity index (χ0) is 13.8. The quantitative estimate of drug-likeness (QED) is 0.778. The third-order valence-corrected chi connectivity index (χ3v) is 3.81. The van der Waals surface area contributed by atoms with Crippen LogP contribution < -0.4 is 10.6 Å². The summed E-state index contributed by atoms with van der Waals surface area (Å²) >= 11 is 0. The minimum absolute atomic E-state index is 0.0437. The molecule has 0 radical (unpaired) electrons. The second-order valence-electron chi connectivity index (χ2n) is 5.41. The van der Waals surface area contributed by atoms with Crippen LogP contribution in [-0.4, -0.2) is 30.1 Å². The SMILES string of the molecule is Cc1ccc(C(=O)NCC2NCCCC2C)c(O)c1. The van der Waals surface area contributed by atoms with Crippen LogP contribution in [0.15, 0.2) is 18.2 Å². The van der Waals surface area contributed by atoms with E-state index >= 15 is 0 Å². The van der Waals surface area contributed by atoms with Gasteiger partial charge in [0.05, 0.1) is 5.56 Å². The lowest BCUT2D eigenvalue weighted by Gasteiger charge is -2.30. The Morgan fingerprint density at radius 1 is 1.53 bits per heavy atom. The molecule has 4 heteroatoms. The summed E-state index contributed by atoms with van der Waals surface area (Å²) in [4.78, 5) is 12.0. The van der Waals surface area contributed by atoms with Crippen molar-refractivity contribution in [3.63, 3.8) is 0 Å². The van der Waals surface area contributed by atoms with E-state index in [4.69, 9.17) is 0 Å². The first kappa shape index (κ1) is 13.9. The van der Waals surface area contributed by atoms with Gasteiger partial charge in [0, 0.05) is 12.6 Å². The Morgan fingerprint density at radius 3 is 3.00 bits per heavy atom. The van der Waals surface area contributed by atoms with Gasteiger partial charge in [0.2, 0.25) is 0 Å². The number of amides is 1. The largest absolute Gasteiger partial charge is 0.507 e. The van der Waals surface area contributed by atoms with Gasteiger partial charge in [-0.3, -0.25) is 4.79 Å². The minimum atomic E-state index is -0.211. The first-order valence-corrected chi connectivity index (χ1v) is 6.89. The molecule has 1 aromatic rings. The van der Waals surface area contributed by atoms with Crippen molar-refractivity contribution in [3.8, 4) is 5.75 Å². The third-order valence-electron chi connectivity index (χ3n) is 3.81. The Balaban J connectivity index is 1.93. The van der Waals surface area contributed by atoms with Crippen LogP contribution >= 0.6 is 0 Å². The number of phenols is 1. The van der Waals surface area contributed by atoms with E-state index in [9.17, 15) is 9.90 Å². The van der Waals surface area contributed by atoms with Crippen molar-refractivity contribution < 1.29 is 9.90 Å². The van der Waals surface area contributed by atoms with E-state index in [1.54, 1.807) is 12.1 Å². The molecule has 1 aromatic carbocycles. The van der Waals surface area contributed by atoms with Crippen LogP contribution in [0.1, 0.15) is 35.7 Å². The molecule has 2 atom stereocenters. The zero-order valence-corrected chi connectivity index (χ0v) is 11.6. The van der Waals surface area contributed by atoms with Crippen LogP contribution in [0.25, 0.3) is 0 Å². The molecular weight excluding hydrogens is 240 g/mol. The monoisotopic (exact) mass is 262 g/mol. The molecule has 1 saturated heterocycles. The lowest BCUT2D eigenvalue weighted by atomic mass is 9.93. The Hall–Kier alpha value is -1.55. The molecule has 2 unspecified atom stereocenters. The normalized spacial score (nSPS) is 23.1. The summed E-state index contributed by atoms with van der Waals surface area (Å²) in [6, 6.07) is 5.43. The molecule has 1 amide bonds. The molecule has 0 aromatic heterocycles. The van der Waals surface area contributed by atoms with E-state index in [-0.39, 0.29) is 11.7 Å². The van der Waals surface area contributed by atoms with E-state index in [0.29, 0.717) is 24.1 Å². The Kier molecular flexibility index (Phi) is 4.43. The highest BCUT2D eigenvalue weighted by atomic mass is 16.3. The van der Waals surface area contributed by atoms with Crippen LogP contribution in [0.5, 0.6) is 5.75 Å². The number of rotatable bonds is 3. The molecular formula is C15H22N2O2. The van der Waals surface area contributed by atoms with Crippen molar-refractivity contribution >= 4 is 5.91 Å². The number of benzene rings is 1. The minimum Gasteiger partial charge on any atom is -0.507 e. The Labute approximate surface area is 114 Å². The number of phenolic OH excluding ortho intramolecular Hbond substituents is 1. The summed E-state index contributed by atoms with van der Waals surface area (Å²) in [6.07, 6.45) is 2.40. The highest BCUT2D eigenvalue weighted by Gasteiger charge is 2.21. The molecule has 19 heavy (non-hydrogen) atoms. The van der Waals surface area contributed by atoms with Crippen molar-refractivity contribution in [2.75, 3.05) is 13.1 Å². The smallest absolute Gasteiger partial charge is 0.255 e. The topological polar surface area (TPSA) is 61.4 Å². The Bertz CT molecular complexity index is 459. The predicted molar refractivity (Wildman–Crippen MR) is 75.4 cm³/mol. The molecule has 1 aliphatic rings. The van der Waals surface area contributed by atoms with Gasteiger partial charge in [-0.1, -0.05) is 13.0 Å². The summed E-state index contributed by atoms with van der Waals surface area (Å²) in [5, 5.41) is 16.1. The van der Waals surface area contributed by atoms with Crippen LogP contribution in [-0.2, 0) is 0 Å². The maximum absolute atomic E-state index is 12.0. The van der Waals surface area contributed by atoms with Gasteiger partial charge in [-0.05, 0) is 49.9 Å². The summed E-state index contributed by atoms with van der Waals surface area (Å²) in [7, 11) is 0. The summed E-state index contributed by atoms with van der Waals surface area (Å²) in [6.45, 7) is 5.70. The van der Waals surface area contributed by atoms with Gasteiger partial charge in [-0.2, -0.15) is 0 Å². The van der Waals surface area contributed by atoms with Gasteiger partial charge in [0.15, 0.2) is 0 Å². The summed E-state index contributed by atoms with van der Waals surface area (Å²) < 4.78 is 0. The number of carbonyl (C=O) groups excluding carboxylic acids is 1. The number of aromatic hydroxyl groups is 1. The van der Waals surface area contributed by atoms with Crippen molar-refractivity contribution in [2.45, 2.75) is 32.7 Å². The van der Waals surface area contributed by atoms with Gasteiger partial charge in [-0.25, -0.2) is 0 Å². The average Bonchev–Trinajstić information content (AvgIpc) is 2.37. The second kappa shape index (κ2) is 6.06. The standard InChI is InChI=1S/C15H22N2O2/c1-10-5-6-12(14(18)8-10)15(19)17-9-13-11(2)4-3-7-16-13/h5-6,8,11,13,16,18H,3-4,7,9H2,1-2H3,(H,17,19). The Morgan fingerprint density at radius 2 is 2.32 bits per heavy atom. The molecule has 0 aliphatic carbocycles. The molecule has 0 saturated carbocycles. The maximum atomic E-state index is 12.0. The van der Waals surface area contributed by atoms with Gasteiger partial charge in [0.1, 0.15) is 5.75 Å². The van der Waals surface area contributed by atoms with Crippen molar-refractivity contribution in [1.29, 1.82) is 0 Å². The molecule has 4 nitrogen and oxygen atoms in total. The van der Waals surface area contributed by atoms with E-state index in [1.807, 2.05) is 13.0 Å². The molecule has 1 aliphatic heterocycles. The molecule has 1 fully saturated rings. The van der Waals surface area contributed by atoms with E-state index < -0.39 is 0 Å². The second-order valence-corrected chi connectivity index (χ2v) is 5.41. The zero-order valence-electron chi connectivity index (χ0n) is 11.6.